The molecule has 1 aromatic rings. The van der Waals surface area contributed by atoms with Crippen molar-refractivity contribution in [3.05, 3.63) is 34.3 Å². The van der Waals surface area contributed by atoms with Crippen molar-refractivity contribution in [1.29, 1.82) is 0 Å². The summed E-state index contributed by atoms with van der Waals surface area (Å²) in [6.45, 7) is 7.81. The summed E-state index contributed by atoms with van der Waals surface area (Å²) < 4.78 is 6.47. The Bertz CT molecular complexity index is 663. The number of carbonyl (C=O) groups excluding carboxylic acids is 2. The third kappa shape index (κ3) is 4.35. The summed E-state index contributed by atoms with van der Waals surface area (Å²) in [5.74, 6) is 0.600. The van der Waals surface area contributed by atoms with Gasteiger partial charge in [0.2, 0.25) is 5.91 Å². The maximum absolute atomic E-state index is 12.7. The molecule has 2 amide bonds. The summed E-state index contributed by atoms with van der Waals surface area (Å²) in [5.41, 5.74) is 0.724. The minimum absolute atomic E-state index is 0.0757. The first-order valence-corrected chi connectivity index (χ1v) is 9.57. The zero-order valence-corrected chi connectivity index (χ0v) is 16.6. The molecule has 25 heavy (non-hydrogen) atoms. The predicted octanol–water partition coefficient (Wildman–Crippen LogP) is 3.63. The molecule has 0 bridgehead atoms. The van der Waals surface area contributed by atoms with Crippen LogP contribution in [0.15, 0.2) is 28.7 Å². The molecule has 1 saturated carbocycles. The summed E-state index contributed by atoms with van der Waals surface area (Å²) in [4.78, 5) is 28.4. The molecule has 5 nitrogen and oxygen atoms in total. The number of hydrogen-bond donors (Lipinski definition) is 0. The lowest BCUT2D eigenvalue weighted by molar-refractivity contribution is -0.134. The van der Waals surface area contributed by atoms with Crippen LogP contribution in [0.4, 0.5) is 4.79 Å². The fourth-order valence-electron chi connectivity index (χ4n) is 3.26. The van der Waals surface area contributed by atoms with E-state index in [1.807, 2.05) is 43.9 Å². The molecule has 2 fully saturated rings. The highest BCUT2D eigenvalue weighted by molar-refractivity contribution is 9.10. The zero-order chi connectivity index (χ0) is 18.2. The molecule has 2 atom stereocenters. The molecule has 0 aromatic heterocycles. The van der Waals surface area contributed by atoms with E-state index in [-0.39, 0.29) is 17.9 Å². The van der Waals surface area contributed by atoms with Gasteiger partial charge in [0.15, 0.2) is 0 Å². The Hall–Kier alpha value is -1.56. The largest absolute Gasteiger partial charge is 0.444 e. The van der Waals surface area contributed by atoms with Gasteiger partial charge in [-0.15, -0.1) is 0 Å². The maximum atomic E-state index is 12.7. The van der Waals surface area contributed by atoms with Gasteiger partial charge in [0, 0.05) is 36.6 Å². The Morgan fingerprint density at radius 2 is 1.68 bits per heavy atom. The van der Waals surface area contributed by atoms with E-state index < -0.39 is 5.60 Å². The van der Waals surface area contributed by atoms with Gasteiger partial charge in [-0.25, -0.2) is 4.79 Å². The van der Waals surface area contributed by atoms with Crippen LogP contribution in [0.25, 0.3) is 0 Å². The van der Waals surface area contributed by atoms with E-state index in [4.69, 9.17) is 4.74 Å². The van der Waals surface area contributed by atoms with Crippen molar-refractivity contribution in [2.75, 3.05) is 26.2 Å². The van der Waals surface area contributed by atoms with Gasteiger partial charge in [-0.2, -0.15) is 0 Å². The number of hydrogen-bond acceptors (Lipinski definition) is 3. The number of rotatable bonds is 2. The van der Waals surface area contributed by atoms with Crippen molar-refractivity contribution >= 4 is 27.9 Å². The first-order chi connectivity index (χ1) is 11.8. The zero-order valence-electron chi connectivity index (χ0n) is 15.0. The minimum atomic E-state index is -0.492. The molecular formula is C19H25BrN2O3. The number of carbonyl (C=O) groups is 2. The number of benzene rings is 1. The van der Waals surface area contributed by atoms with Gasteiger partial charge in [0.1, 0.15) is 5.60 Å². The van der Waals surface area contributed by atoms with Crippen LogP contribution in [0.3, 0.4) is 0 Å². The fraction of sp³-hybridized carbons (Fsp3) is 0.579. The topological polar surface area (TPSA) is 49.9 Å². The van der Waals surface area contributed by atoms with Crippen LogP contribution >= 0.6 is 15.9 Å². The normalized spacial score (nSPS) is 23.4. The van der Waals surface area contributed by atoms with E-state index in [9.17, 15) is 9.59 Å². The molecule has 1 aromatic carbocycles. The third-order valence-electron chi connectivity index (χ3n) is 4.66. The van der Waals surface area contributed by atoms with Crippen LogP contribution in [0.1, 0.15) is 38.7 Å². The SMILES string of the molecule is CC(C)(C)OC(=O)N1CCN(C(=O)[C@H]2C[C@@H]2c2ccccc2Br)CC1. The van der Waals surface area contributed by atoms with Crippen molar-refractivity contribution in [2.24, 2.45) is 5.92 Å². The van der Waals surface area contributed by atoms with Gasteiger partial charge in [0.05, 0.1) is 0 Å². The van der Waals surface area contributed by atoms with Crippen molar-refractivity contribution in [2.45, 2.75) is 38.7 Å². The molecule has 136 valence electrons. The molecule has 1 saturated heterocycles. The van der Waals surface area contributed by atoms with E-state index in [1.165, 1.54) is 5.56 Å². The van der Waals surface area contributed by atoms with E-state index in [0.29, 0.717) is 32.1 Å². The molecule has 0 spiro atoms. The Morgan fingerprint density at radius 1 is 1.08 bits per heavy atom. The van der Waals surface area contributed by atoms with Gasteiger partial charge in [0.25, 0.3) is 0 Å². The first-order valence-electron chi connectivity index (χ1n) is 8.77. The highest BCUT2D eigenvalue weighted by Crippen LogP contribution is 2.50. The molecule has 0 N–H and O–H groups in total. The van der Waals surface area contributed by atoms with Gasteiger partial charge >= 0.3 is 6.09 Å². The number of nitrogens with zero attached hydrogens (tertiary/aromatic N) is 2. The van der Waals surface area contributed by atoms with Gasteiger partial charge in [-0.05, 0) is 44.7 Å². The molecule has 1 aliphatic heterocycles. The number of halogens is 1. The molecular weight excluding hydrogens is 384 g/mol. The summed E-state index contributed by atoms with van der Waals surface area (Å²) in [6.07, 6.45) is 0.616. The van der Waals surface area contributed by atoms with E-state index in [0.717, 1.165) is 10.9 Å². The average molecular weight is 409 g/mol. The highest BCUT2D eigenvalue weighted by Gasteiger charge is 2.46. The number of amides is 2. The lowest BCUT2D eigenvalue weighted by Gasteiger charge is -2.35. The van der Waals surface area contributed by atoms with Gasteiger partial charge in [-0.3, -0.25) is 4.79 Å². The second-order valence-electron chi connectivity index (χ2n) is 7.76. The van der Waals surface area contributed by atoms with Crippen molar-refractivity contribution in [3.8, 4) is 0 Å². The Morgan fingerprint density at radius 3 is 2.28 bits per heavy atom. The lowest BCUT2D eigenvalue weighted by Crippen LogP contribution is -2.52. The molecule has 3 rings (SSSR count). The van der Waals surface area contributed by atoms with Crippen LogP contribution in [0.5, 0.6) is 0 Å². The molecule has 0 radical (unpaired) electrons. The predicted molar refractivity (Wildman–Crippen MR) is 99.4 cm³/mol. The molecule has 2 aliphatic rings. The average Bonchev–Trinajstić information content (AvgIpc) is 3.33. The molecule has 0 unspecified atom stereocenters. The standard InChI is InChI=1S/C19H25BrN2O3/c1-19(2,3)25-18(24)22-10-8-21(9-11-22)17(23)15-12-14(15)13-6-4-5-7-16(13)20/h4-7,14-15H,8-12H2,1-3H3/t14-,15+/m1/s1. The summed E-state index contributed by atoms with van der Waals surface area (Å²) in [6, 6.07) is 8.11. The van der Waals surface area contributed by atoms with E-state index in [2.05, 4.69) is 22.0 Å². The second kappa shape index (κ2) is 6.98. The smallest absolute Gasteiger partial charge is 0.410 e. The molecule has 6 heteroatoms. The number of piperazine rings is 1. The maximum Gasteiger partial charge on any atom is 0.410 e. The highest BCUT2D eigenvalue weighted by atomic mass is 79.9. The van der Waals surface area contributed by atoms with Gasteiger partial charge < -0.3 is 14.5 Å². The van der Waals surface area contributed by atoms with Crippen molar-refractivity contribution in [1.82, 2.24) is 9.80 Å². The quantitative estimate of drug-likeness (QED) is 0.750. The Labute approximate surface area is 157 Å². The van der Waals surface area contributed by atoms with Crippen LogP contribution in [0.2, 0.25) is 0 Å². The first kappa shape index (κ1) is 18.2. The number of ether oxygens (including phenoxy) is 1. The summed E-state index contributed by atoms with van der Waals surface area (Å²) >= 11 is 3.57. The Balaban J connectivity index is 1.52. The third-order valence-corrected chi connectivity index (χ3v) is 5.38. The van der Waals surface area contributed by atoms with Crippen LogP contribution in [-0.4, -0.2) is 53.6 Å². The summed E-state index contributed by atoms with van der Waals surface area (Å²) in [5, 5.41) is 0. The van der Waals surface area contributed by atoms with Crippen LogP contribution in [0, 0.1) is 5.92 Å². The van der Waals surface area contributed by atoms with Crippen molar-refractivity contribution < 1.29 is 14.3 Å². The second-order valence-corrected chi connectivity index (χ2v) is 8.62. The Kier molecular flexibility index (Phi) is 5.09. The van der Waals surface area contributed by atoms with Gasteiger partial charge in [-0.1, -0.05) is 34.1 Å². The monoisotopic (exact) mass is 408 g/mol. The molecule has 1 aliphatic carbocycles. The van der Waals surface area contributed by atoms with E-state index >= 15 is 0 Å². The lowest BCUT2D eigenvalue weighted by atomic mass is 10.1. The molecule has 1 heterocycles. The fourth-order valence-corrected chi connectivity index (χ4v) is 3.84. The summed E-state index contributed by atoms with van der Waals surface area (Å²) in [7, 11) is 0. The van der Waals surface area contributed by atoms with Crippen molar-refractivity contribution in [3.63, 3.8) is 0 Å². The minimum Gasteiger partial charge on any atom is -0.444 e. The van der Waals surface area contributed by atoms with Crippen LogP contribution < -0.4 is 0 Å². The van der Waals surface area contributed by atoms with E-state index in [1.54, 1.807) is 4.90 Å². The van der Waals surface area contributed by atoms with Crippen LogP contribution in [-0.2, 0) is 9.53 Å².